The first-order chi connectivity index (χ1) is 16.7. The number of carbonyl (C=O) groups excluding carboxylic acids is 1. The van der Waals surface area contributed by atoms with Crippen LogP contribution >= 0.6 is 0 Å². The third-order valence-corrected chi connectivity index (χ3v) is 7.71. The zero-order chi connectivity index (χ0) is 23.4. The molecular formula is C30H34N2O2. The molecule has 0 aromatic heterocycles. The third-order valence-electron chi connectivity index (χ3n) is 7.71. The van der Waals surface area contributed by atoms with E-state index in [2.05, 4.69) is 70.9 Å². The number of likely N-dealkylation sites (tertiary alicyclic amines) is 1. The molecule has 1 aliphatic carbocycles. The number of carbonyl (C=O) groups is 1. The molecule has 1 saturated carbocycles. The Morgan fingerprint density at radius 3 is 2.35 bits per heavy atom. The van der Waals surface area contributed by atoms with E-state index in [9.17, 15) is 4.79 Å². The fourth-order valence-corrected chi connectivity index (χ4v) is 5.47. The molecule has 1 aliphatic heterocycles. The third kappa shape index (κ3) is 5.02. The van der Waals surface area contributed by atoms with Gasteiger partial charge >= 0.3 is 0 Å². The number of ether oxygens (including phenoxy) is 1. The highest BCUT2D eigenvalue weighted by molar-refractivity contribution is 5.82. The number of nitrogens with zero attached hydrogens (tertiary/aromatic N) is 1. The van der Waals surface area contributed by atoms with E-state index in [0.29, 0.717) is 6.54 Å². The van der Waals surface area contributed by atoms with E-state index in [1.807, 2.05) is 18.2 Å². The lowest BCUT2D eigenvalue weighted by molar-refractivity contribution is -0.123. The van der Waals surface area contributed by atoms with Gasteiger partial charge in [0.15, 0.2) is 0 Å². The van der Waals surface area contributed by atoms with Gasteiger partial charge in [0, 0.05) is 19.0 Å². The predicted octanol–water partition coefficient (Wildman–Crippen LogP) is 5.32. The number of hydrogen-bond donors (Lipinski definition) is 1. The smallest absolute Gasteiger partial charge is 0.223 e. The van der Waals surface area contributed by atoms with Gasteiger partial charge in [0.25, 0.3) is 0 Å². The Morgan fingerprint density at radius 2 is 1.62 bits per heavy atom. The maximum atomic E-state index is 12.8. The monoisotopic (exact) mass is 454 g/mol. The molecule has 4 heteroatoms. The second-order valence-electron chi connectivity index (χ2n) is 9.81. The van der Waals surface area contributed by atoms with Crippen molar-refractivity contribution in [1.29, 1.82) is 0 Å². The summed E-state index contributed by atoms with van der Waals surface area (Å²) in [4.78, 5) is 15.3. The van der Waals surface area contributed by atoms with E-state index in [-0.39, 0.29) is 17.2 Å². The van der Waals surface area contributed by atoms with Crippen LogP contribution in [0.5, 0.6) is 5.75 Å². The van der Waals surface area contributed by atoms with Gasteiger partial charge in [0.05, 0.1) is 7.11 Å². The molecule has 176 valence electrons. The first-order valence-corrected chi connectivity index (χ1v) is 12.4. The first-order valence-electron chi connectivity index (χ1n) is 12.4. The molecule has 1 amide bonds. The zero-order valence-electron chi connectivity index (χ0n) is 20.0. The Bertz CT molecular complexity index is 1100. The van der Waals surface area contributed by atoms with Crippen molar-refractivity contribution in [2.45, 2.75) is 32.2 Å². The molecule has 2 aliphatic rings. The zero-order valence-corrected chi connectivity index (χ0v) is 20.0. The molecule has 4 nitrogen and oxygen atoms in total. The number of amides is 1. The van der Waals surface area contributed by atoms with Crippen LogP contribution in [-0.4, -0.2) is 37.6 Å². The SMILES string of the molecule is COc1ccccc1CCNC(=O)[C@H]1CC12CCN(Cc1ccc(-c3ccccc3)cc1)CC2. The van der Waals surface area contributed by atoms with Crippen molar-refractivity contribution < 1.29 is 9.53 Å². The van der Waals surface area contributed by atoms with E-state index in [1.165, 1.54) is 16.7 Å². The summed E-state index contributed by atoms with van der Waals surface area (Å²) >= 11 is 0. The summed E-state index contributed by atoms with van der Waals surface area (Å²) in [5, 5.41) is 3.18. The van der Waals surface area contributed by atoms with Crippen LogP contribution in [0.1, 0.15) is 30.4 Å². The molecule has 3 aromatic rings. The quantitative estimate of drug-likeness (QED) is 0.501. The molecule has 5 rings (SSSR count). The van der Waals surface area contributed by atoms with Crippen molar-refractivity contribution >= 4 is 5.91 Å². The Kier molecular flexibility index (Phi) is 6.68. The molecule has 34 heavy (non-hydrogen) atoms. The summed E-state index contributed by atoms with van der Waals surface area (Å²) in [6, 6.07) is 27.5. The molecular weight excluding hydrogens is 420 g/mol. The minimum Gasteiger partial charge on any atom is -0.496 e. The van der Waals surface area contributed by atoms with Crippen LogP contribution in [0.15, 0.2) is 78.9 Å². The molecule has 1 N–H and O–H groups in total. The number of para-hydroxylation sites is 1. The topological polar surface area (TPSA) is 41.6 Å². The fourth-order valence-electron chi connectivity index (χ4n) is 5.47. The number of nitrogens with one attached hydrogen (secondary N) is 1. The molecule has 2 fully saturated rings. The highest BCUT2D eigenvalue weighted by Gasteiger charge is 2.58. The van der Waals surface area contributed by atoms with Crippen molar-refractivity contribution in [2.75, 3.05) is 26.7 Å². The molecule has 0 bridgehead atoms. The summed E-state index contributed by atoms with van der Waals surface area (Å²) < 4.78 is 5.41. The highest BCUT2D eigenvalue weighted by Crippen LogP contribution is 2.59. The van der Waals surface area contributed by atoms with Gasteiger partial charge in [0.2, 0.25) is 5.91 Å². The average molecular weight is 455 g/mol. The molecule has 1 heterocycles. The van der Waals surface area contributed by atoms with E-state index in [4.69, 9.17) is 4.74 Å². The van der Waals surface area contributed by atoms with Gasteiger partial charge in [-0.05, 0) is 72.5 Å². The maximum absolute atomic E-state index is 12.8. The van der Waals surface area contributed by atoms with Gasteiger partial charge in [0.1, 0.15) is 5.75 Å². The van der Waals surface area contributed by atoms with Gasteiger partial charge in [-0.15, -0.1) is 0 Å². The lowest BCUT2D eigenvalue weighted by Gasteiger charge is -2.32. The standard InChI is InChI=1S/C30H34N2O2/c1-34-28-10-6-5-9-26(28)15-18-31-29(33)27-21-30(27)16-19-32(20-17-30)22-23-11-13-25(14-12-23)24-7-3-2-4-8-24/h2-14,27H,15-22H2,1H3,(H,31,33)/t27-/m1/s1. The fraction of sp³-hybridized carbons (Fsp3) is 0.367. The van der Waals surface area contributed by atoms with Crippen molar-refractivity contribution in [3.63, 3.8) is 0 Å². The predicted molar refractivity (Wildman–Crippen MR) is 137 cm³/mol. The summed E-state index contributed by atoms with van der Waals surface area (Å²) in [5.41, 5.74) is 5.26. The van der Waals surface area contributed by atoms with Gasteiger partial charge < -0.3 is 10.1 Å². The number of methoxy groups -OCH3 is 1. The normalized spacial score (nSPS) is 19.0. The van der Waals surface area contributed by atoms with E-state index >= 15 is 0 Å². The second-order valence-corrected chi connectivity index (χ2v) is 9.81. The van der Waals surface area contributed by atoms with Crippen LogP contribution in [0.2, 0.25) is 0 Å². The number of benzene rings is 3. The van der Waals surface area contributed by atoms with Crippen LogP contribution in [-0.2, 0) is 17.8 Å². The molecule has 1 atom stereocenters. The lowest BCUT2D eigenvalue weighted by atomic mass is 9.90. The Morgan fingerprint density at radius 1 is 0.941 bits per heavy atom. The lowest BCUT2D eigenvalue weighted by Crippen LogP contribution is -2.37. The summed E-state index contributed by atoms with van der Waals surface area (Å²) in [7, 11) is 1.69. The average Bonchev–Trinajstić information content (AvgIpc) is 3.60. The van der Waals surface area contributed by atoms with E-state index < -0.39 is 0 Å². The van der Waals surface area contributed by atoms with Crippen molar-refractivity contribution in [1.82, 2.24) is 10.2 Å². The van der Waals surface area contributed by atoms with Gasteiger partial charge in [-0.2, -0.15) is 0 Å². The summed E-state index contributed by atoms with van der Waals surface area (Å²) in [6.45, 7) is 3.80. The maximum Gasteiger partial charge on any atom is 0.223 e. The van der Waals surface area contributed by atoms with Gasteiger partial charge in [-0.1, -0.05) is 72.8 Å². The van der Waals surface area contributed by atoms with E-state index in [1.54, 1.807) is 7.11 Å². The van der Waals surface area contributed by atoms with Crippen molar-refractivity contribution in [3.8, 4) is 16.9 Å². The van der Waals surface area contributed by atoms with Crippen LogP contribution in [0, 0.1) is 11.3 Å². The Hall–Kier alpha value is -3.11. The molecule has 3 aromatic carbocycles. The summed E-state index contributed by atoms with van der Waals surface area (Å²) in [5.74, 6) is 1.32. The van der Waals surface area contributed by atoms with E-state index in [0.717, 1.165) is 56.6 Å². The van der Waals surface area contributed by atoms with Gasteiger partial charge in [-0.25, -0.2) is 0 Å². The number of hydrogen-bond acceptors (Lipinski definition) is 3. The minimum absolute atomic E-state index is 0.192. The Labute approximate surface area is 202 Å². The van der Waals surface area contributed by atoms with Crippen LogP contribution < -0.4 is 10.1 Å². The Balaban J connectivity index is 1.07. The van der Waals surface area contributed by atoms with Crippen molar-refractivity contribution in [3.05, 3.63) is 90.0 Å². The van der Waals surface area contributed by atoms with Crippen LogP contribution in [0.3, 0.4) is 0 Å². The molecule has 0 unspecified atom stereocenters. The molecule has 1 saturated heterocycles. The van der Waals surface area contributed by atoms with Gasteiger partial charge in [-0.3, -0.25) is 9.69 Å². The largest absolute Gasteiger partial charge is 0.496 e. The number of piperidine rings is 1. The molecule has 0 radical (unpaired) electrons. The first kappa shape index (κ1) is 22.7. The highest BCUT2D eigenvalue weighted by atomic mass is 16.5. The second kappa shape index (κ2) is 10.0. The minimum atomic E-state index is 0.192. The van der Waals surface area contributed by atoms with Crippen LogP contribution in [0.4, 0.5) is 0 Å². The molecule has 1 spiro atoms. The summed E-state index contributed by atoms with van der Waals surface area (Å²) in [6.07, 6.45) is 4.10. The van der Waals surface area contributed by atoms with Crippen LogP contribution in [0.25, 0.3) is 11.1 Å². The van der Waals surface area contributed by atoms with Crippen molar-refractivity contribution in [2.24, 2.45) is 11.3 Å². The number of rotatable bonds is 8.